The number of carbonyl (C=O) groups excluding carboxylic acids is 1. The molecule has 6 heteroatoms. The quantitative estimate of drug-likeness (QED) is 0.746. The Labute approximate surface area is 100 Å². The first-order chi connectivity index (χ1) is 8.18. The second-order valence-corrected chi connectivity index (χ2v) is 4.16. The van der Waals surface area contributed by atoms with E-state index in [1.54, 1.807) is 30.4 Å². The molecule has 92 valence electrons. The van der Waals surface area contributed by atoms with Gasteiger partial charge in [0.1, 0.15) is 5.82 Å². The number of rotatable bonds is 2. The van der Waals surface area contributed by atoms with Crippen LogP contribution in [0.15, 0.2) is 18.6 Å². The van der Waals surface area contributed by atoms with Gasteiger partial charge in [0.2, 0.25) is 5.91 Å². The molecule has 1 aliphatic heterocycles. The molecule has 6 nitrogen and oxygen atoms in total. The average Bonchev–Trinajstić information content (AvgIpc) is 2.39. The average molecular weight is 235 g/mol. The van der Waals surface area contributed by atoms with Gasteiger partial charge >= 0.3 is 0 Å². The minimum Gasteiger partial charge on any atom is -0.352 e. The molecule has 2 rings (SSSR count). The van der Waals surface area contributed by atoms with Gasteiger partial charge in [0, 0.05) is 38.6 Å². The highest BCUT2D eigenvalue weighted by Gasteiger charge is 2.23. The maximum atomic E-state index is 11.7. The summed E-state index contributed by atoms with van der Waals surface area (Å²) in [7, 11) is 0. The van der Waals surface area contributed by atoms with Crippen LogP contribution in [0.1, 0.15) is 6.92 Å². The van der Waals surface area contributed by atoms with Crippen molar-refractivity contribution in [1.82, 2.24) is 14.9 Å². The number of hydrogen-bond donors (Lipinski definition) is 1. The number of aromatic nitrogens is 2. The molecular weight excluding hydrogens is 218 g/mol. The van der Waals surface area contributed by atoms with Crippen molar-refractivity contribution in [3.8, 4) is 0 Å². The van der Waals surface area contributed by atoms with Gasteiger partial charge in [0.05, 0.1) is 12.2 Å². The van der Waals surface area contributed by atoms with Gasteiger partial charge in [-0.25, -0.2) is 4.98 Å². The van der Waals surface area contributed by atoms with Crippen LogP contribution < -0.4 is 10.6 Å². The molecule has 0 saturated carbocycles. The molecule has 0 unspecified atom stereocenters. The Bertz CT molecular complexity index is 373. The van der Waals surface area contributed by atoms with E-state index in [0.29, 0.717) is 13.1 Å². The van der Waals surface area contributed by atoms with E-state index >= 15 is 0 Å². The molecular formula is C11H17N5O. The van der Waals surface area contributed by atoms with Crippen molar-refractivity contribution in [2.75, 3.05) is 31.1 Å². The molecule has 1 saturated heterocycles. The fraction of sp³-hybridized carbons (Fsp3) is 0.545. The van der Waals surface area contributed by atoms with Crippen molar-refractivity contribution in [3.63, 3.8) is 0 Å². The first-order valence-corrected chi connectivity index (χ1v) is 5.74. The maximum absolute atomic E-state index is 11.7. The van der Waals surface area contributed by atoms with Crippen molar-refractivity contribution in [2.45, 2.75) is 13.0 Å². The Morgan fingerprint density at radius 2 is 2.06 bits per heavy atom. The van der Waals surface area contributed by atoms with Crippen LogP contribution in [-0.2, 0) is 4.79 Å². The lowest BCUT2D eigenvalue weighted by Gasteiger charge is -2.35. The van der Waals surface area contributed by atoms with Gasteiger partial charge in [-0.1, -0.05) is 0 Å². The van der Waals surface area contributed by atoms with Crippen LogP contribution in [0, 0.1) is 0 Å². The summed E-state index contributed by atoms with van der Waals surface area (Å²) in [6, 6.07) is -0.418. The molecule has 0 aliphatic carbocycles. The first kappa shape index (κ1) is 11.8. The normalized spacial score (nSPS) is 18.0. The van der Waals surface area contributed by atoms with Gasteiger partial charge in [0.25, 0.3) is 0 Å². The van der Waals surface area contributed by atoms with Crippen molar-refractivity contribution in [3.05, 3.63) is 18.6 Å². The van der Waals surface area contributed by atoms with E-state index < -0.39 is 6.04 Å². The van der Waals surface area contributed by atoms with Crippen molar-refractivity contribution in [1.29, 1.82) is 0 Å². The third-order valence-electron chi connectivity index (χ3n) is 2.85. The zero-order valence-corrected chi connectivity index (χ0v) is 9.91. The summed E-state index contributed by atoms with van der Waals surface area (Å²) in [6.45, 7) is 4.65. The number of anilines is 1. The summed E-state index contributed by atoms with van der Waals surface area (Å²) in [5, 5.41) is 0. The number of hydrogen-bond acceptors (Lipinski definition) is 5. The number of nitrogens with two attached hydrogens (primary N) is 1. The van der Waals surface area contributed by atoms with E-state index in [2.05, 4.69) is 14.9 Å². The lowest BCUT2D eigenvalue weighted by molar-refractivity contribution is -0.132. The number of amides is 1. The molecule has 1 amide bonds. The highest BCUT2D eigenvalue weighted by atomic mass is 16.2. The van der Waals surface area contributed by atoms with Gasteiger partial charge < -0.3 is 15.5 Å². The zero-order chi connectivity index (χ0) is 12.3. The minimum absolute atomic E-state index is 0.0174. The number of carbonyl (C=O) groups is 1. The van der Waals surface area contributed by atoms with Crippen molar-refractivity contribution < 1.29 is 4.79 Å². The smallest absolute Gasteiger partial charge is 0.239 e. The molecule has 2 N–H and O–H groups in total. The summed E-state index contributed by atoms with van der Waals surface area (Å²) < 4.78 is 0. The molecule has 1 aliphatic rings. The summed E-state index contributed by atoms with van der Waals surface area (Å²) in [4.78, 5) is 23.9. The number of nitrogens with zero attached hydrogens (tertiary/aromatic N) is 4. The molecule has 0 aromatic carbocycles. The molecule has 1 fully saturated rings. The Balaban J connectivity index is 1.93. The highest BCUT2D eigenvalue weighted by Crippen LogP contribution is 2.11. The molecule has 17 heavy (non-hydrogen) atoms. The molecule has 1 aromatic heterocycles. The summed E-state index contributed by atoms with van der Waals surface area (Å²) in [6.07, 6.45) is 5.07. The predicted octanol–water partition coefficient (Wildman–Crippen LogP) is -0.528. The predicted molar refractivity (Wildman–Crippen MR) is 64.5 cm³/mol. The minimum atomic E-state index is -0.418. The molecule has 0 bridgehead atoms. The largest absolute Gasteiger partial charge is 0.352 e. The topological polar surface area (TPSA) is 75.4 Å². The highest BCUT2D eigenvalue weighted by molar-refractivity contribution is 5.81. The Morgan fingerprint density at radius 3 is 2.59 bits per heavy atom. The van der Waals surface area contributed by atoms with Crippen LogP contribution in [0.25, 0.3) is 0 Å². The SMILES string of the molecule is C[C@@H](N)C(=O)N1CCN(c2cnccn2)CC1. The monoisotopic (exact) mass is 235 g/mol. The summed E-state index contributed by atoms with van der Waals surface area (Å²) in [5.74, 6) is 0.879. The van der Waals surface area contributed by atoms with Gasteiger partial charge in [-0.3, -0.25) is 9.78 Å². The van der Waals surface area contributed by atoms with Crippen LogP contribution in [0.2, 0.25) is 0 Å². The molecule has 2 heterocycles. The summed E-state index contributed by atoms with van der Waals surface area (Å²) in [5.41, 5.74) is 5.59. The summed E-state index contributed by atoms with van der Waals surface area (Å²) >= 11 is 0. The second-order valence-electron chi connectivity index (χ2n) is 4.16. The molecule has 0 spiro atoms. The zero-order valence-electron chi connectivity index (χ0n) is 9.91. The standard InChI is InChI=1S/C11H17N5O/c1-9(12)11(17)16-6-4-15(5-7-16)10-8-13-2-3-14-10/h2-3,8-9H,4-7,12H2,1H3/t9-/m1/s1. The second kappa shape index (κ2) is 5.09. The van der Waals surface area contributed by atoms with E-state index in [0.717, 1.165) is 18.9 Å². The van der Waals surface area contributed by atoms with Crippen LogP contribution in [-0.4, -0.2) is 53.0 Å². The fourth-order valence-electron chi connectivity index (χ4n) is 1.90. The molecule has 1 aromatic rings. The lowest BCUT2D eigenvalue weighted by Crippen LogP contribution is -2.52. The van der Waals surface area contributed by atoms with E-state index in [-0.39, 0.29) is 5.91 Å². The van der Waals surface area contributed by atoms with E-state index in [1.807, 2.05) is 0 Å². The van der Waals surface area contributed by atoms with E-state index in [4.69, 9.17) is 5.73 Å². The van der Waals surface area contributed by atoms with E-state index in [9.17, 15) is 4.79 Å². The van der Waals surface area contributed by atoms with Crippen molar-refractivity contribution in [2.24, 2.45) is 5.73 Å². The van der Waals surface area contributed by atoms with Crippen molar-refractivity contribution >= 4 is 11.7 Å². The maximum Gasteiger partial charge on any atom is 0.239 e. The lowest BCUT2D eigenvalue weighted by atomic mass is 10.2. The van der Waals surface area contributed by atoms with Gasteiger partial charge in [0.15, 0.2) is 0 Å². The van der Waals surface area contributed by atoms with Crippen LogP contribution in [0.4, 0.5) is 5.82 Å². The Hall–Kier alpha value is -1.69. The third-order valence-corrected chi connectivity index (χ3v) is 2.85. The number of piperazine rings is 1. The Kier molecular flexibility index (Phi) is 3.53. The third kappa shape index (κ3) is 2.71. The first-order valence-electron chi connectivity index (χ1n) is 5.74. The molecule has 0 radical (unpaired) electrons. The van der Waals surface area contributed by atoms with E-state index in [1.165, 1.54) is 0 Å². The van der Waals surface area contributed by atoms with Crippen LogP contribution >= 0.6 is 0 Å². The fourth-order valence-corrected chi connectivity index (χ4v) is 1.90. The van der Waals surface area contributed by atoms with Gasteiger partial charge in [-0.05, 0) is 6.92 Å². The van der Waals surface area contributed by atoms with Crippen LogP contribution in [0.5, 0.6) is 0 Å². The van der Waals surface area contributed by atoms with Crippen LogP contribution in [0.3, 0.4) is 0 Å². The van der Waals surface area contributed by atoms with Gasteiger partial charge in [-0.15, -0.1) is 0 Å². The molecule has 1 atom stereocenters. The van der Waals surface area contributed by atoms with Gasteiger partial charge in [-0.2, -0.15) is 0 Å². The Morgan fingerprint density at radius 1 is 1.35 bits per heavy atom.